The third-order valence-electron chi connectivity index (χ3n) is 4.77. The fourth-order valence-corrected chi connectivity index (χ4v) is 4.30. The summed E-state index contributed by atoms with van der Waals surface area (Å²) < 4.78 is 5.44. The van der Waals surface area contributed by atoms with Crippen LogP contribution in [0.5, 0.6) is 0 Å². The van der Waals surface area contributed by atoms with Gasteiger partial charge in [-0.3, -0.25) is 4.79 Å². The Kier molecular flexibility index (Phi) is 7.21. The zero-order chi connectivity index (χ0) is 18.2. The van der Waals surface area contributed by atoms with E-state index < -0.39 is 0 Å². The Bertz CT molecular complexity index is 686. The average Bonchev–Trinajstić information content (AvgIpc) is 3.13. The molecule has 0 spiro atoms. The third kappa shape index (κ3) is 5.64. The van der Waals surface area contributed by atoms with E-state index >= 15 is 0 Å². The Morgan fingerprint density at radius 3 is 2.96 bits per heavy atom. The van der Waals surface area contributed by atoms with Crippen LogP contribution in [-0.4, -0.2) is 37.0 Å². The monoisotopic (exact) mass is 372 g/mol. The highest BCUT2D eigenvalue weighted by Gasteiger charge is 2.17. The van der Waals surface area contributed by atoms with E-state index in [4.69, 9.17) is 4.42 Å². The molecule has 1 unspecified atom stereocenters. The predicted octanol–water partition coefficient (Wildman–Crippen LogP) is 4.42. The van der Waals surface area contributed by atoms with Gasteiger partial charge in [0.2, 0.25) is 0 Å². The number of benzene rings is 1. The summed E-state index contributed by atoms with van der Waals surface area (Å²) in [4.78, 5) is 16.1. The van der Waals surface area contributed by atoms with Gasteiger partial charge in [0.25, 0.3) is 5.91 Å². The maximum Gasteiger partial charge on any atom is 0.287 e. The van der Waals surface area contributed by atoms with E-state index in [9.17, 15) is 4.79 Å². The second-order valence-corrected chi connectivity index (χ2v) is 8.08. The van der Waals surface area contributed by atoms with Gasteiger partial charge in [0, 0.05) is 29.3 Å². The molecule has 1 aromatic heterocycles. The summed E-state index contributed by atoms with van der Waals surface area (Å²) in [6, 6.07) is 12.1. The standard InChI is InChI=1S/C21H28N2O2S/c1-17-7-5-12-23(15-17)13-6-11-22-21(24)20-18(10-14-25-20)16-26-19-8-3-2-4-9-19/h2-4,8-10,14,17H,5-7,11-13,15-16H2,1H3,(H,22,24). The summed E-state index contributed by atoms with van der Waals surface area (Å²) in [5.74, 6) is 1.87. The molecule has 26 heavy (non-hydrogen) atoms. The van der Waals surface area contributed by atoms with Crippen molar-refractivity contribution in [1.29, 1.82) is 0 Å². The van der Waals surface area contributed by atoms with Gasteiger partial charge in [-0.05, 0) is 56.5 Å². The average molecular weight is 373 g/mol. The molecule has 1 saturated heterocycles. The summed E-state index contributed by atoms with van der Waals surface area (Å²) in [6.07, 6.45) is 5.22. The number of piperidine rings is 1. The van der Waals surface area contributed by atoms with Crippen LogP contribution < -0.4 is 5.32 Å². The van der Waals surface area contributed by atoms with Crippen molar-refractivity contribution < 1.29 is 9.21 Å². The van der Waals surface area contributed by atoms with Gasteiger partial charge in [0.1, 0.15) is 0 Å². The number of nitrogens with one attached hydrogen (secondary N) is 1. The molecule has 1 atom stereocenters. The molecule has 1 aromatic carbocycles. The van der Waals surface area contributed by atoms with E-state index in [0.29, 0.717) is 12.3 Å². The van der Waals surface area contributed by atoms with Gasteiger partial charge in [-0.2, -0.15) is 0 Å². The van der Waals surface area contributed by atoms with Crippen molar-refractivity contribution in [1.82, 2.24) is 10.2 Å². The Hall–Kier alpha value is -1.72. The largest absolute Gasteiger partial charge is 0.459 e. The van der Waals surface area contributed by atoms with Crippen LogP contribution in [0.3, 0.4) is 0 Å². The lowest BCUT2D eigenvalue weighted by molar-refractivity contribution is 0.0921. The van der Waals surface area contributed by atoms with Crippen molar-refractivity contribution in [3.63, 3.8) is 0 Å². The van der Waals surface area contributed by atoms with E-state index in [0.717, 1.165) is 30.2 Å². The summed E-state index contributed by atoms with van der Waals surface area (Å²) >= 11 is 1.71. The Labute approximate surface area is 160 Å². The Morgan fingerprint density at radius 2 is 2.15 bits per heavy atom. The molecule has 1 N–H and O–H groups in total. The lowest BCUT2D eigenvalue weighted by Gasteiger charge is -2.30. The highest BCUT2D eigenvalue weighted by Crippen LogP contribution is 2.24. The number of carbonyl (C=O) groups is 1. The lowest BCUT2D eigenvalue weighted by atomic mass is 10.0. The van der Waals surface area contributed by atoms with Crippen LogP contribution in [0.1, 0.15) is 42.3 Å². The maximum atomic E-state index is 12.4. The molecule has 4 nitrogen and oxygen atoms in total. The van der Waals surface area contributed by atoms with Crippen LogP contribution in [-0.2, 0) is 5.75 Å². The van der Waals surface area contributed by atoms with E-state index in [1.807, 2.05) is 24.3 Å². The van der Waals surface area contributed by atoms with Gasteiger partial charge in [-0.15, -0.1) is 11.8 Å². The lowest BCUT2D eigenvalue weighted by Crippen LogP contribution is -2.36. The summed E-state index contributed by atoms with van der Waals surface area (Å²) in [7, 11) is 0. The van der Waals surface area contributed by atoms with Gasteiger partial charge in [-0.1, -0.05) is 25.1 Å². The maximum absolute atomic E-state index is 12.4. The quantitative estimate of drug-likeness (QED) is 0.550. The minimum atomic E-state index is -0.106. The van der Waals surface area contributed by atoms with Crippen LogP contribution in [0.25, 0.3) is 0 Å². The minimum absolute atomic E-state index is 0.106. The second-order valence-electron chi connectivity index (χ2n) is 7.03. The number of hydrogen-bond acceptors (Lipinski definition) is 4. The van der Waals surface area contributed by atoms with Gasteiger partial charge >= 0.3 is 0 Å². The van der Waals surface area contributed by atoms with Crippen molar-refractivity contribution in [2.45, 2.75) is 36.8 Å². The van der Waals surface area contributed by atoms with Crippen molar-refractivity contribution in [3.05, 3.63) is 54.0 Å². The van der Waals surface area contributed by atoms with E-state index in [1.165, 1.54) is 30.8 Å². The van der Waals surface area contributed by atoms with E-state index in [2.05, 4.69) is 29.3 Å². The van der Waals surface area contributed by atoms with E-state index in [-0.39, 0.29) is 5.91 Å². The number of rotatable bonds is 8. The van der Waals surface area contributed by atoms with Gasteiger partial charge in [0.05, 0.1) is 6.26 Å². The highest BCUT2D eigenvalue weighted by atomic mass is 32.2. The van der Waals surface area contributed by atoms with Crippen molar-refractivity contribution in [2.75, 3.05) is 26.2 Å². The molecule has 1 aliphatic rings. The first-order chi connectivity index (χ1) is 12.7. The molecule has 1 amide bonds. The van der Waals surface area contributed by atoms with Crippen LogP contribution in [0.4, 0.5) is 0 Å². The summed E-state index contributed by atoms with van der Waals surface area (Å²) in [5, 5.41) is 3.01. The predicted molar refractivity (Wildman–Crippen MR) is 106 cm³/mol. The van der Waals surface area contributed by atoms with Crippen LogP contribution >= 0.6 is 11.8 Å². The first-order valence-corrected chi connectivity index (χ1v) is 10.5. The molecule has 0 aliphatic carbocycles. The second kappa shape index (κ2) is 9.83. The zero-order valence-corrected chi connectivity index (χ0v) is 16.3. The molecular formula is C21H28N2O2S. The smallest absolute Gasteiger partial charge is 0.287 e. The van der Waals surface area contributed by atoms with Crippen molar-refractivity contribution in [2.24, 2.45) is 5.92 Å². The molecule has 1 fully saturated rings. The molecule has 140 valence electrons. The zero-order valence-electron chi connectivity index (χ0n) is 15.4. The number of likely N-dealkylation sites (tertiary alicyclic amines) is 1. The molecule has 3 rings (SSSR count). The molecule has 0 radical (unpaired) electrons. The molecule has 0 saturated carbocycles. The molecule has 2 heterocycles. The van der Waals surface area contributed by atoms with Crippen LogP contribution in [0.15, 0.2) is 52.0 Å². The number of hydrogen-bond donors (Lipinski definition) is 1. The normalized spacial score (nSPS) is 18.0. The number of thioether (sulfide) groups is 1. The van der Waals surface area contributed by atoms with Crippen LogP contribution in [0.2, 0.25) is 0 Å². The Morgan fingerprint density at radius 1 is 1.31 bits per heavy atom. The molecule has 1 aliphatic heterocycles. The van der Waals surface area contributed by atoms with Gasteiger partial charge < -0.3 is 14.6 Å². The fraction of sp³-hybridized carbons (Fsp3) is 0.476. The Balaban J connectivity index is 1.41. The SMILES string of the molecule is CC1CCCN(CCCNC(=O)c2occc2CSc2ccccc2)C1. The van der Waals surface area contributed by atoms with Crippen molar-refractivity contribution in [3.8, 4) is 0 Å². The fourth-order valence-electron chi connectivity index (χ4n) is 3.40. The van der Waals surface area contributed by atoms with Gasteiger partial charge in [0.15, 0.2) is 5.76 Å². The summed E-state index contributed by atoms with van der Waals surface area (Å²) in [6.45, 7) is 6.44. The molecular weight excluding hydrogens is 344 g/mol. The van der Waals surface area contributed by atoms with Crippen molar-refractivity contribution >= 4 is 17.7 Å². The minimum Gasteiger partial charge on any atom is -0.459 e. The number of furan rings is 1. The first-order valence-electron chi connectivity index (χ1n) is 9.47. The number of carbonyl (C=O) groups excluding carboxylic acids is 1. The van der Waals surface area contributed by atoms with Gasteiger partial charge in [-0.25, -0.2) is 0 Å². The molecule has 0 bridgehead atoms. The first kappa shape index (κ1) is 19.1. The van der Waals surface area contributed by atoms with Crippen LogP contribution in [0, 0.1) is 5.92 Å². The number of nitrogens with zero attached hydrogens (tertiary/aromatic N) is 1. The molecule has 2 aromatic rings. The number of amides is 1. The topological polar surface area (TPSA) is 45.5 Å². The van der Waals surface area contributed by atoms with E-state index in [1.54, 1.807) is 18.0 Å². The molecule has 5 heteroatoms. The summed E-state index contributed by atoms with van der Waals surface area (Å²) in [5.41, 5.74) is 0.946. The highest BCUT2D eigenvalue weighted by molar-refractivity contribution is 7.98. The third-order valence-corrected chi connectivity index (χ3v) is 5.83.